The van der Waals surface area contributed by atoms with E-state index in [9.17, 15) is 4.79 Å². The third-order valence-electron chi connectivity index (χ3n) is 4.19. The van der Waals surface area contributed by atoms with Crippen molar-refractivity contribution >= 4 is 5.78 Å². The van der Waals surface area contributed by atoms with Gasteiger partial charge in [-0.3, -0.25) is 4.79 Å². The van der Waals surface area contributed by atoms with Crippen molar-refractivity contribution in [2.24, 2.45) is 0 Å². The molecule has 1 atom stereocenters. The molecule has 104 valence electrons. The zero-order chi connectivity index (χ0) is 13.9. The van der Waals surface area contributed by atoms with E-state index < -0.39 is 0 Å². The number of rotatable bonds is 5. The van der Waals surface area contributed by atoms with Gasteiger partial charge in [-0.05, 0) is 37.3 Å². The molecule has 1 N–H and O–H groups in total. The fourth-order valence-corrected chi connectivity index (χ4v) is 3.05. The second kappa shape index (κ2) is 5.87. The SMILES string of the molecule is CCCC1(C(=O)c2ccc(C(C)C)cc2)CCCN1. The van der Waals surface area contributed by atoms with E-state index in [2.05, 4.69) is 38.2 Å². The molecule has 2 nitrogen and oxygen atoms in total. The number of hydrogen-bond acceptors (Lipinski definition) is 2. The van der Waals surface area contributed by atoms with Gasteiger partial charge in [-0.15, -0.1) is 0 Å². The van der Waals surface area contributed by atoms with Gasteiger partial charge >= 0.3 is 0 Å². The lowest BCUT2D eigenvalue weighted by Gasteiger charge is -2.27. The molecule has 0 aromatic heterocycles. The maximum Gasteiger partial charge on any atom is 0.182 e. The van der Waals surface area contributed by atoms with Crippen LogP contribution < -0.4 is 5.32 Å². The Labute approximate surface area is 116 Å². The molecule has 19 heavy (non-hydrogen) atoms. The maximum absolute atomic E-state index is 12.8. The highest BCUT2D eigenvalue weighted by molar-refractivity contribution is 6.03. The molecule has 0 radical (unpaired) electrons. The zero-order valence-corrected chi connectivity index (χ0v) is 12.3. The van der Waals surface area contributed by atoms with Crippen LogP contribution in [0, 0.1) is 0 Å². The summed E-state index contributed by atoms with van der Waals surface area (Å²) in [6, 6.07) is 8.17. The normalized spacial score (nSPS) is 22.9. The van der Waals surface area contributed by atoms with Gasteiger partial charge in [-0.25, -0.2) is 0 Å². The van der Waals surface area contributed by atoms with E-state index >= 15 is 0 Å². The van der Waals surface area contributed by atoms with Gasteiger partial charge in [0.2, 0.25) is 0 Å². The van der Waals surface area contributed by atoms with Gasteiger partial charge in [0.05, 0.1) is 5.54 Å². The molecule has 0 bridgehead atoms. The van der Waals surface area contributed by atoms with Crippen LogP contribution in [0.25, 0.3) is 0 Å². The van der Waals surface area contributed by atoms with Crippen LogP contribution in [0.4, 0.5) is 0 Å². The molecule has 1 fully saturated rings. The minimum Gasteiger partial charge on any atom is -0.305 e. The van der Waals surface area contributed by atoms with Crippen molar-refractivity contribution in [3.8, 4) is 0 Å². The van der Waals surface area contributed by atoms with Crippen molar-refractivity contribution in [3.05, 3.63) is 35.4 Å². The predicted octanol–water partition coefficient (Wildman–Crippen LogP) is 3.92. The Morgan fingerprint density at radius 3 is 2.47 bits per heavy atom. The fraction of sp³-hybridized carbons (Fsp3) is 0.588. The van der Waals surface area contributed by atoms with Crippen LogP contribution >= 0.6 is 0 Å². The molecule has 0 amide bonds. The second-order valence-corrected chi connectivity index (χ2v) is 5.97. The minimum atomic E-state index is -0.298. The highest BCUT2D eigenvalue weighted by atomic mass is 16.1. The summed E-state index contributed by atoms with van der Waals surface area (Å²) < 4.78 is 0. The first-order valence-corrected chi connectivity index (χ1v) is 7.49. The standard InChI is InChI=1S/C17H25NO/c1-4-10-17(11-5-12-18-17)16(19)15-8-6-14(7-9-15)13(2)3/h6-9,13,18H,4-5,10-12H2,1-3H3. The summed E-state index contributed by atoms with van der Waals surface area (Å²) in [6.07, 6.45) is 4.07. The smallest absolute Gasteiger partial charge is 0.182 e. The van der Waals surface area contributed by atoms with Crippen LogP contribution in [0.15, 0.2) is 24.3 Å². The molecule has 0 spiro atoms. The monoisotopic (exact) mass is 259 g/mol. The van der Waals surface area contributed by atoms with E-state index in [1.165, 1.54) is 5.56 Å². The predicted molar refractivity (Wildman–Crippen MR) is 79.7 cm³/mol. The molecular formula is C17H25NO. The van der Waals surface area contributed by atoms with E-state index in [-0.39, 0.29) is 11.3 Å². The van der Waals surface area contributed by atoms with Crippen LogP contribution in [0.1, 0.15) is 68.3 Å². The summed E-state index contributed by atoms with van der Waals surface area (Å²) in [5.41, 5.74) is 1.85. The van der Waals surface area contributed by atoms with Crippen LogP contribution in [0.3, 0.4) is 0 Å². The Bertz CT molecular complexity index is 427. The van der Waals surface area contributed by atoms with Gasteiger partial charge in [0, 0.05) is 5.56 Å². The number of Topliss-reactive ketones (excluding diaryl/α,β-unsaturated/α-hetero) is 1. The van der Waals surface area contributed by atoms with Crippen LogP contribution in [0.2, 0.25) is 0 Å². The van der Waals surface area contributed by atoms with Crippen molar-refractivity contribution < 1.29 is 4.79 Å². The molecule has 2 heteroatoms. The molecule has 1 unspecified atom stereocenters. The van der Waals surface area contributed by atoms with Crippen LogP contribution in [0.5, 0.6) is 0 Å². The molecule has 2 rings (SSSR count). The van der Waals surface area contributed by atoms with Gasteiger partial charge in [0.25, 0.3) is 0 Å². The quantitative estimate of drug-likeness (QED) is 0.812. The highest BCUT2D eigenvalue weighted by Crippen LogP contribution is 2.29. The van der Waals surface area contributed by atoms with Crippen molar-refractivity contribution in [3.63, 3.8) is 0 Å². The Morgan fingerprint density at radius 2 is 2.00 bits per heavy atom. The molecule has 1 aliphatic heterocycles. The van der Waals surface area contributed by atoms with Crippen LogP contribution in [-0.4, -0.2) is 17.9 Å². The summed E-state index contributed by atoms with van der Waals surface area (Å²) in [5.74, 6) is 0.792. The van der Waals surface area contributed by atoms with Crippen molar-refractivity contribution in [2.75, 3.05) is 6.54 Å². The Kier molecular flexibility index (Phi) is 4.41. The third kappa shape index (κ3) is 2.89. The van der Waals surface area contributed by atoms with E-state index in [0.717, 1.165) is 37.8 Å². The highest BCUT2D eigenvalue weighted by Gasteiger charge is 2.40. The Morgan fingerprint density at radius 1 is 1.32 bits per heavy atom. The molecular weight excluding hydrogens is 234 g/mol. The summed E-state index contributed by atoms with van der Waals surface area (Å²) in [4.78, 5) is 12.8. The van der Waals surface area contributed by atoms with Gasteiger partial charge in [0.1, 0.15) is 0 Å². The van der Waals surface area contributed by atoms with E-state index in [1.54, 1.807) is 0 Å². The number of carbonyl (C=O) groups excluding carboxylic acids is 1. The van der Waals surface area contributed by atoms with E-state index in [4.69, 9.17) is 0 Å². The molecule has 1 heterocycles. The summed E-state index contributed by atoms with van der Waals surface area (Å²) in [7, 11) is 0. The topological polar surface area (TPSA) is 29.1 Å². The summed E-state index contributed by atoms with van der Waals surface area (Å²) >= 11 is 0. The summed E-state index contributed by atoms with van der Waals surface area (Å²) in [6.45, 7) is 7.47. The maximum atomic E-state index is 12.8. The Balaban J connectivity index is 2.22. The Hall–Kier alpha value is -1.15. The lowest BCUT2D eigenvalue weighted by molar-refractivity contribution is 0.0857. The number of ketones is 1. The van der Waals surface area contributed by atoms with Gasteiger partial charge in [0.15, 0.2) is 5.78 Å². The average molecular weight is 259 g/mol. The third-order valence-corrected chi connectivity index (χ3v) is 4.19. The second-order valence-electron chi connectivity index (χ2n) is 5.97. The van der Waals surface area contributed by atoms with E-state index in [0.29, 0.717) is 5.92 Å². The lowest BCUT2D eigenvalue weighted by atomic mass is 9.83. The summed E-state index contributed by atoms with van der Waals surface area (Å²) in [5, 5.41) is 3.46. The van der Waals surface area contributed by atoms with Crippen molar-refractivity contribution in [2.45, 2.75) is 57.9 Å². The van der Waals surface area contributed by atoms with Crippen LogP contribution in [-0.2, 0) is 0 Å². The number of benzene rings is 1. The lowest BCUT2D eigenvalue weighted by Crippen LogP contribution is -2.47. The molecule has 1 saturated heterocycles. The van der Waals surface area contributed by atoms with Gasteiger partial charge in [-0.1, -0.05) is 51.5 Å². The molecule has 0 aliphatic carbocycles. The molecule has 0 saturated carbocycles. The molecule has 1 aromatic carbocycles. The van der Waals surface area contributed by atoms with Gasteiger partial charge < -0.3 is 5.32 Å². The number of carbonyl (C=O) groups is 1. The number of hydrogen-bond donors (Lipinski definition) is 1. The van der Waals surface area contributed by atoms with E-state index in [1.807, 2.05) is 12.1 Å². The fourth-order valence-electron chi connectivity index (χ4n) is 3.05. The first kappa shape index (κ1) is 14.3. The first-order valence-electron chi connectivity index (χ1n) is 7.49. The van der Waals surface area contributed by atoms with Crippen molar-refractivity contribution in [1.29, 1.82) is 0 Å². The van der Waals surface area contributed by atoms with Gasteiger partial charge in [-0.2, -0.15) is 0 Å². The molecule has 1 aliphatic rings. The molecule has 1 aromatic rings. The minimum absolute atomic E-state index is 0.280. The first-order chi connectivity index (χ1) is 9.09. The average Bonchev–Trinajstić information content (AvgIpc) is 2.88. The largest absolute Gasteiger partial charge is 0.305 e. The zero-order valence-electron chi connectivity index (χ0n) is 12.3. The number of nitrogens with one attached hydrogen (secondary N) is 1. The van der Waals surface area contributed by atoms with Crippen molar-refractivity contribution in [1.82, 2.24) is 5.32 Å².